The molecule has 17 heavy (non-hydrogen) atoms. The van der Waals surface area contributed by atoms with Crippen LogP contribution in [0.25, 0.3) is 0 Å². The van der Waals surface area contributed by atoms with Gasteiger partial charge in [0, 0.05) is 12.0 Å². The largest absolute Gasteiger partial charge is 0.370 e. The third kappa shape index (κ3) is 3.86. The maximum absolute atomic E-state index is 13.3. The molecule has 1 aromatic carbocycles. The Morgan fingerprint density at radius 3 is 2.47 bits per heavy atom. The second kappa shape index (κ2) is 4.95. The maximum Gasteiger partial charge on any atom is 0.254 e. The van der Waals surface area contributed by atoms with Gasteiger partial charge in [-0.05, 0) is 26.0 Å². The zero-order valence-corrected chi connectivity index (χ0v) is 9.79. The maximum atomic E-state index is 13.3. The Morgan fingerprint density at radius 2 is 1.94 bits per heavy atom. The average molecular weight is 238 g/mol. The zero-order chi connectivity index (χ0) is 13.1. The second-order valence-electron chi connectivity index (χ2n) is 4.46. The Hall–Kier alpha value is -1.91. The van der Waals surface area contributed by atoms with Crippen LogP contribution >= 0.6 is 0 Å². The van der Waals surface area contributed by atoms with Crippen molar-refractivity contribution < 1.29 is 14.0 Å². The Balaban J connectivity index is 2.79. The van der Waals surface area contributed by atoms with Gasteiger partial charge < -0.3 is 11.1 Å². The zero-order valence-electron chi connectivity index (χ0n) is 9.79. The lowest BCUT2D eigenvalue weighted by Gasteiger charge is -2.24. The van der Waals surface area contributed by atoms with Gasteiger partial charge in [-0.25, -0.2) is 4.39 Å². The van der Waals surface area contributed by atoms with Gasteiger partial charge in [-0.3, -0.25) is 9.59 Å². The Bertz CT molecular complexity index is 444. The molecule has 0 aliphatic heterocycles. The minimum absolute atomic E-state index is 0.00675. The lowest BCUT2D eigenvalue weighted by atomic mass is 9.99. The highest BCUT2D eigenvalue weighted by Gasteiger charge is 2.24. The molecule has 0 heterocycles. The summed E-state index contributed by atoms with van der Waals surface area (Å²) in [5.74, 6) is -1.68. The number of rotatable bonds is 4. The topological polar surface area (TPSA) is 72.2 Å². The van der Waals surface area contributed by atoms with Gasteiger partial charge in [-0.1, -0.05) is 12.1 Å². The first-order valence-corrected chi connectivity index (χ1v) is 5.17. The van der Waals surface area contributed by atoms with Crippen molar-refractivity contribution in [3.63, 3.8) is 0 Å². The Kier molecular flexibility index (Phi) is 3.83. The van der Waals surface area contributed by atoms with Gasteiger partial charge in [-0.15, -0.1) is 0 Å². The number of amides is 2. The van der Waals surface area contributed by atoms with Crippen LogP contribution in [0.3, 0.4) is 0 Å². The van der Waals surface area contributed by atoms with Crippen molar-refractivity contribution in [1.82, 2.24) is 5.32 Å². The van der Waals surface area contributed by atoms with E-state index in [1.54, 1.807) is 19.9 Å². The predicted molar refractivity (Wildman–Crippen MR) is 61.8 cm³/mol. The summed E-state index contributed by atoms with van der Waals surface area (Å²) in [4.78, 5) is 22.6. The molecule has 0 aromatic heterocycles. The van der Waals surface area contributed by atoms with Crippen LogP contribution in [0.1, 0.15) is 30.6 Å². The van der Waals surface area contributed by atoms with Crippen LogP contribution in [-0.2, 0) is 4.79 Å². The second-order valence-corrected chi connectivity index (χ2v) is 4.46. The number of hydrogen-bond donors (Lipinski definition) is 2. The Labute approximate surface area is 99.0 Å². The van der Waals surface area contributed by atoms with Gasteiger partial charge in [0.1, 0.15) is 5.82 Å². The number of nitrogens with two attached hydrogens (primary N) is 1. The molecule has 0 saturated heterocycles. The first kappa shape index (κ1) is 13.2. The molecule has 4 nitrogen and oxygen atoms in total. The highest BCUT2D eigenvalue weighted by molar-refractivity contribution is 5.95. The van der Waals surface area contributed by atoms with E-state index >= 15 is 0 Å². The van der Waals surface area contributed by atoms with Gasteiger partial charge >= 0.3 is 0 Å². The van der Waals surface area contributed by atoms with Crippen LogP contribution in [0.2, 0.25) is 0 Å². The minimum Gasteiger partial charge on any atom is -0.370 e. The lowest BCUT2D eigenvalue weighted by Crippen LogP contribution is -2.46. The summed E-state index contributed by atoms with van der Waals surface area (Å²) in [6.07, 6.45) is -0.00675. The minimum atomic E-state index is -0.800. The molecule has 1 aromatic rings. The van der Waals surface area contributed by atoms with Crippen molar-refractivity contribution in [2.75, 3.05) is 0 Å². The number of nitrogens with one attached hydrogen (secondary N) is 1. The molecule has 0 radical (unpaired) electrons. The van der Waals surface area contributed by atoms with E-state index in [1.165, 1.54) is 18.2 Å². The van der Waals surface area contributed by atoms with E-state index in [0.29, 0.717) is 0 Å². The normalized spacial score (nSPS) is 11.0. The smallest absolute Gasteiger partial charge is 0.254 e. The summed E-state index contributed by atoms with van der Waals surface area (Å²) in [6.45, 7) is 3.30. The van der Waals surface area contributed by atoms with Crippen LogP contribution < -0.4 is 11.1 Å². The molecule has 0 aliphatic rings. The van der Waals surface area contributed by atoms with Crippen LogP contribution in [0, 0.1) is 5.82 Å². The first-order valence-electron chi connectivity index (χ1n) is 5.17. The van der Waals surface area contributed by atoms with Crippen molar-refractivity contribution in [3.8, 4) is 0 Å². The highest BCUT2D eigenvalue weighted by atomic mass is 19.1. The van der Waals surface area contributed by atoms with Gasteiger partial charge in [0.15, 0.2) is 0 Å². The molecule has 0 unspecified atom stereocenters. The molecule has 5 heteroatoms. The van der Waals surface area contributed by atoms with Gasteiger partial charge in [0.2, 0.25) is 5.91 Å². The lowest BCUT2D eigenvalue weighted by molar-refractivity contribution is -0.119. The van der Waals surface area contributed by atoms with E-state index in [9.17, 15) is 14.0 Å². The number of benzene rings is 1. The number of hydrogen-bond acceptors (Lipinski definition) is 2. The van der Waals surface area contributed by atoms with E-state index < -0.39 is 23.2 Å². The van der Waals surface area contributed by atoms with Crippen molar-refractivity contribution in [1.29, 1.82) is 0 Å². The third-order valence-electron chi connectivity index (χ3n) is 2.19. The van der Waals surface area contributed by atoms with Gasteiger partial charge in [0.25, 0.3) is 5.91 Å². The molecule has 0 spiro atoms. The summed E-state index contributed by atoms with van der Waals surface area (Å²) in [5.41, 5.74) is 4.21. The van der Waals surface area contributed by atoms with Crippen molar-refractivity contribution in [3.05, 3.63) is 35.6 Å². The number of carbonyl (C=O) groups excluding carboxylic acids is 2. The van der Waals surface area contributed by atoms with E-state index in [4.69, 9.17) is 5.73 Å². The van der Waals surface area contributed by atoms with Crippen molar-refractivity contribution >= 4 is 11.8 Å². The molecule has 1 rings (SSSR count). The van der Waals surface area contributed by atoms with E-state index in [2.05, 4.69) is 5.32 Å². The van der Waals surface area contributed by atoms with Crippen molar-refractivity contribution in [2.24, 2.45) is 5.73 Å². The predicted octanol–water partition coefficient (Wildman–Crippen LogP) is 1.21. The summed E-state index contributed by atoms with van der Waals surface area (Å²) < 4.78 is 13.3. The quantitative estimate of drug-likeness (QED) is 0.827. The average Bonchev–Trinajstić information content (AvgIpc) is 2.14. The van der Waals surface area contributed by atoms with Crippen LogP contribution in [0.4, 0.5) is 4.39 Å². The summed E-state index contributed by atoms with van der Waals surface area (Å²) in [7, 11) is 0. The molecule has 0 fully saturated rings. The molecule has 92 valence electrons. The summed E-state index contributed by atoms with van der Waals surface area (Å²) in [6, 6.07) is 5.65. The molecule has 0 bridgehead atoms. The molecule has 0 aliphatic carbocycles. The van der Waals surface area contributed by atoms with E-state index in [0.717, 1.165) is 0 Å². The molecule has 3 N–H and O–H groups in total. The monoisotopic (exact) mass is 238 g/mol. The molecule has 2 amide bonds. The SMILES string of the molecule is CC(C)(CC(N)=O)NC(=O)c1ccccc1F. The number of primary amides is 1. The van der Waals surface area contributed by atoms with E-state index in [1.807, 2.05) is 0 Å². The molecular formula is C12H15FN2O2. The summed E-state index contributed by atoms with van der Waals surface area (Å²) in [5, 5.41) is 2.56. The van der Waals surface area contributed by atoms with Gasteiger partial charge in [-0.2, -0.15) is 0 Å². The highest BCUT2D eigenvalue weighted by Crippen LogP contribution is 2.11. The standard InChI is InChI=1S/C12H15FN2O2/c1-12(2,7-10(14)16)15-11(17)8-5-3-4-6-9(8)13/h3-6H,7H2,1-2H3,(H2,14,16)(H,15,17). The fourth-order valence-electron chi connectivity index (χ4n) is 1.50. The van der Waals surface area contributed by atoms with Gasteiger partial charge in [0.05, 0.1) is 5.56 Å². The van der Waals surface area contributed by atoms with E-state index in [-0.39, 0.29) is 12.0 Å². The van der Waals surface area contributed by atoms with Crippen LogP contribution in [0.15, 0.2) is 24.3 Å². The first-order chi connectivity index (χ1) is 7.82. The fraction of sp³-hybridized carbons (Fsp3) is 0.333. The molecular weight excluding hydrogens is 223 g/mol. The Morgan fingerprint density at radius 1 is 1.35 bits per heavy atom. The molecule has 0 saturated carbocycles. The summed E-state index contributed by atoms with van der Waals surface area (Å²) >= 11 is 0. The van der Waals surface area contributed by atoms with Crippen molar-refractivity contribution in [2.45, 2.75) is 25.8 Å². The number of carbonyl (C=O) groups is 2. The third-order valence-corrected chi connectivity index (χ3v) is 2.19. The molecule has 0 atom stereocenters. The number of halogens is 1. The fourth-order valence-corrected chi connectivity index (χ4v) is 1.50. The van der Waals surface area contributed by atoms with Crippen LogP contribution in [-0.4, -0.2) is 17.4 Å². The van der Waals surface area contributed by atoms with Crippen LogP contribution in [0.5, 0.6) is 0 Å².